The van der Waals surface area contributed by atoms with Crippen molar-refractivity contribution in [1.82, 2.24) is 0 Å². The highest BCUT2D eigenvalue weighted by Crippen LogP contribution is 2.16. The van der Waals surface area contributed by atoms with Gasteiger partial charge in [0, 0.05) is 5.69 Å². The first-order valence-corrected chi connectivity index (χ1v) is 7.75. The summed E-state index contributed by atoms with van der Waals surface area (Å²) in [6, 6.07) is 15.6. The van der Waals surface area contributed by atoms with Crippen LogP contribution < -0.4 is 10.1 Å². The van der Waals surface area contributed by atoms with Gasteiger partial charge in [-0.1, -0.05) is 43.7 Å². The molecule has 0 aliphatic rings. The van der Waals surface area contributed by atoms with Crippen LogP contribution in [0.1, 0.15) is 31.4 Å². The van der Waals surface area contributed by atoms with Crippen LogP contribution in [0.2, 0.25) is 0 Å². The maximum absolute atomic E-state index is 12.3. The Kier molecular flexibility index (Phi) is 5.59. The van der Waals surface area contributed by atoms with E-state index in [1.165, 1.54) is 11.1 Å². The van der Waals surface area contributed by atoms with E-state index in [1.54, 1.807) is 0 Å². The molecular weight excluding hydrogens is 274 g/mol. The maximum Gasteiger partial charge on any atom is 0.265 e. The van der Waals surface area contributed by atoms with Crippen molar-refractivity contribution in [3.05, 3.63) is 59.7 Å². The Morgan fingerprint density at radius 2 is 1.68 bits per heavy atom. The number of benzene rings is 2. The molecule has 0 spiro atoms. The van der Waals surface area contributed by atoms with Crippen LogP contribution >= 0.6 is 0 Å². The molecule has 0 aliphatic heterocycles. The molecule has 22 heavy (non-hydrogen) atoms. The highest BCUT2D eigenvalue weighted by molar-refractivity contribution is 5.94. The smallest absolute Gasteiger partial charge is 0.265 e. The molecule has 0 fully saturated rings. The fourth-order valence-corrected chi connectivity index (χ4v) is 2.15. The van der Waals surface area contributed by atoms with Crippen LogP contribution in [0.4, 0.5) is 5.69 Å². The van der Waals surface area contributed by atoms with E-state index in [9.17, 15) is 4.79 Å². The van der Waals surface area contributed by atoms with Gasteiger partial charge in [-0.3, -0.25) is 4.79 Å². The Labute approximate surface area is 132 Å². The van der Waals surface area contributed by atoms with Gasteiger partial charge in [0.25, 0.3) is 5.91 Å². The van der Waals surface area contributed by atoms with Crippen molar-refractivity contribution in [1.29, 1.82) is 0 Å². The molecule has 3 heteroatoms. The van der Waals surface area contributed by atoms with Gasteiger partial charge in [0.1, 0.15) is 5.75 Å². The molecule has 1 N–H and O–H groups in total. The molecule has 0 heterocycles. The van der Waals surface area contributed by atoms with E-state index in [2.05, 4.69) is 12.2 Å². The maximum atomic E-state index is 12.3. The van der Waals surface area contributed by atoms with Gasteiger partial charge in [-0.15, -0.1) is 0 Å². The summed E-state index contributed by atoms with van der Waals surface area (Å²) in [6.45, 7) is 6.07. The molecule has 2 rings (SSSR count). The highest BCUT2D eigenvalue weighted by Gasteiger charge is 2.18. The lowest BCUT2D eigenvalue weighted by atomic mass is 10.1. The Hall–Kier alpha value is -2.29. The number of hydrogen-bond acceptors (Lipinski definition) is 2. The predicted octanol–water partition coefficient (Wildman–Crippen LogP) is 4.35. The number of carbonyl (C=O) groups is 1. The molecule has 2 aromatic rings. The zero-order chi connectivity index (χ0) is 15.9. The first kappa shape index (κ1) is 16.1. The zero-order valence-electron chi connectivity index (χ0n) is 13.4. The SMILES string of the molecule is CCc1ccc(NC(=O)[C@@H](CC)Oc2ccc(C)cc2)cc1. The Morgan fingerprint density at radius 1 is 1.05 bits per heavy atom. The molecule has 2 aromatic carbocycles. The predicted molar refractivity (Wildman–Crippen MR) is 90.3 cm³/mol. The second kappa shape index (κ2) is 7.64. The lowest BCUT2D eigenvalue weighted by Crippen LogP contribution is -2.32. The van der Waals surface area contributed by atoms with Crippen molar-refractivity contribution in [2.75, 3.05) is 5.32 Å². The quantitative estimate of drug-likeness (QED) is 0.860. The molecule has 0 unspecified atom stereocenters. The number of carbonyl (C=O) groups excluding carboxylic acids is 1. The number of ether oxygens (including phenoxy) is 1. The highest BCUT2D eigenvalue weighted by atomic mass is 16.5. The van der Waals surface area contributed by atoms with E-state index < -0.39 is 6.10 Å². The van der Waals surface area contributed by atoms with Crippen molar-refractivity contribution in [3.8, 4) is 5.75 Å². The van der Waals surface area contributed by atoms with Crippen molar-refractivity contribution in [2.45, 2.75) is 39.7 Å². The van der Waals surface area contributed by atoms with Gasteiger partial charge in [0.2, 0.25) is 0 Å². The van der Waals surface area contributed by atoms with E-state index >= 15 is 0 Å². The Balaban J connectivity index is 1.99. The Bertz CT molecular complexity index is 602. The lowest BCUT2D eigenvalue weighted by molar-refractivity contribution is -0.122. The number of amides is 1. The number of rotatable bonds is 6. The van der Waals surface area contributed by atoms with Crippen molar-refractivity contribution < 1.29 is 9.53 Å². The van der Waals surface area contributed by atoms with Crippen molar-refractivity contribution in [2.24, 2.45) is 0 Å². The standard InChI is InChI=1S/C19H23NO2/c1-4-15-8-10-16(11-9-15)20-19(21)18(5-2)22-17-12-6-14(3)7-13-17/h6-13,18H,4-5H2,1-3H3,(H,20,21)/t18-/m1/s1. The number of anilines is 1. The second-order valence-electron chi connectivity index (χ2n) is 5.37. The minimum absolute atomic E-state index is 0.118. The number of hydrogen-bond donors (Lipinski definition) is 1. The van der Waals surface area contributed by atoms with E-state index in [4.69, 9.17) is 4.74 Å². The molecular formula is C19H23NO2. The Morgan fingerprint density at radius 3 is 2.23 bits per heavy atom. The summed E-state index contributed by atoms with van der Waals surface area (Å²) in [7, 11) is 0. The van der Waals surface area contributed by atoms with E-state index in [-0.39, 0.29) is 5.91 Å². The number of nitrogens with one attached hydrogen (secondary N) is 1. The third kappa shape index (κ3) is 4.35. The van der Waals surface area contributed by atoms with Gasteiger partial charge >= 0.3 is 0 Å². The average Bonchev–Trinajstić information content (AvgIpc) is 2.55. The molecule has 1 amide bonds. The van der Waals surface area contributed by atoms with Gasteiger partial charge in [0.05, 0.1) is 0 Å². The summed E-state index contributed by atoms with van der Waals surface area (Å²) in [4.78, 5) is 12.3. The molecule has 116 valence electrons. The van der Waals surface area contributed by atoms with Gasteiger partial charge < -0.3 is 10.1 Å². The van der Waals surface area contributed by atoms with Crippen LogP contribution in [0.3, 0.4) is 0 Å². The molecule has 0 aromatic heterocycles. The van der Waals surface area contributed by atoms with Gasteiger partial charge in [0.15, 0.2) is 6.10 Å². The van der Waals surface area contributed by atoms with Crippen LogP contribution in [0.5, 0.6) is 5.75 Å². The van der Waals surface area contributed by atoms with Crippen LogP contribution in [-0.4, -0.2) is 12.0 Å². The van der Waals surface area contributed by atoms with Crippen LogP contribution in [-0.2, 0) is 11.2 Å². The molecule has 1 atom stereocenters. The monoisotopic (exact) mass is 297 g/mol. The normalized spacial score (nSPS) is 11.8. The molecule has 0 saturated heterocycles. The molecule has 3 nitrogen and oxygen atoms in total. The van der Waals surface area contributed by atoms with Crippen molar-refractivity contribution in [3.63, 3.8) is 0 Å². The average molecular weight is 297 g/mol. The lowest BCUT2D eigenvalue weighted by Gasteiger charge is -2.17. The first-order chi connectivity index (χ1) is 10.6. The van der Waals surface area contributed by atoms with Crippen LogP contribution in [0.15, 0.2) is 48.5 Å². The van der Waals surface area contributed by atoms with Gasteiger partial charge in [-0.25, -0.2) is 0 Å². The third-order valence-electron chi connectivity index (χ3n) is 3.59. The van der Waals surface area contributed by atoms with Gasteiger partial charge in [-0.2, -0.15) is 0 Å². The summed E-state index contributed by atoms with van der Waals surface area (Å²) in [6.07, 6.45) is 1.11. The van der Waals surface area contributed by atoms with E-state index in [1.807, 2.05) is 62.4 Å². The first-order valence-electron chi connectivity index (χ1n) is 7.75. The number of aryl methyl sites for hydroxylation is 2. The summed E-state index contributed by atoms with van der Waals surface area (Å²) < 4.78 is 5.79. The van der Waals surface area contributed by atoms with Gasteiger partial charge in [-0.05, 0) is 49.6 Å². The fourth-order valence-electron chi connectivity index (χ4n) is 2.15. The van der Waals surface area contributed by atoms with E-state index in [0.717, 1.165) is 12.1 Å². The summed E-state index contributed by atoms with van der Waals surface area (Å²) in [5.74, 6) is 0.598. The molecule has 0 aliphatic carbocycles. The molecule has 0 bridgehead atoms. The second-order valence-corrected chi connectivity index (χ2v) is 5.37. The zero-order valence-corrected chi connectivity index (χ0v) is 13.4. The van der Waals surface area contributed by atoms with Crippen molar-refractivity contribution >= 4 is 11.6 Å². The van der Waals surface area contributed by atoms with E-state index in [0.29, 0.717) is 12.2 Å². The third-order valence-corrected chi connectivity index (χ3v) is 3.59. The van der Waals surface area contributed by atoms with Crippen LogP contribution in [0.25, 0.3) is 0 Å². The fraction of sp³-hybridized carbons (Fsp3) is 0.316. The minimum atomic E-state index is -0.492. The van der Waals surface area contributed by atoms with Crippen LogP contribution in [0, 0.1) is 6.92 Å². The minimum Gasteiger partial charge on any atom is -0.481 e. The summed E-state index contributed by atoms with van der Waals surface area (Å²) in [5, 5.41) is 2.91. The molecule has 0 radical (unpaired) electrons. The largest absolute Gasteiger partial charge is 0.481 e. The summed E-state index contributed by atoms with van der Waals surface area (Å²) in [5.41, 5.74) is 3.22. The molecule has 0 saturated carbocycles. The topological polar surface area (TPSA) is 38.3 Å². The summed E-state index contributed by atoms with van der Waals surface area (Å²) >= 11 is 0.